The normalized spacial score (nSPS) is 10.6. The minimum Gasteiger partial charge on any atom is -0.455 e. The van der Waals surface area contributed by atoms with Gasteiger partial charge in [-0.3, -0.25) is 4.98 Å². The van der Waals surface area contributed by atoms with Gasteiger partial charge in [0.05, 0.1) is 5.02 Å². The van der Waals surface area contributed by atoms with Gasteiger partial charge >= 0.3 is 0 Å². The molecule has 1 aromatic carbocycles. The van der Waals surface area contributed by atoms with Crippen molar-refractivity contribution < 1.29 is 4.74 Å². The van der Waals surface area contributed by atoms with E-state index in [0.29, 0.717) is 28.1 Å². The Kier molecular flexibility index (Phi) is 4.30. The van der Waals surface area contributed by atoms with Crippen molar-refractivity contribution >= 4 is 23.2 Å². The third-order valence-electron chi connectivity index (χ3n) is 2.76. The molecule has 0 saturated carbocycles. The first-order chi connectivity index (χ1) is 9.02. The lowest BCUT2D eigenvalue weighted by Gasteiger charge is -2.14. The first-order valence-corrected chi connectivity index (χ1v) is 6.57. The van der Waals surface area contributed by atoms with Crippen LogP contribution in [-0.4, -0.2) is 4.98 Å². The van der Waals surface area contributed by atoms with Gasteiger partial charge < -0.3 is 10.5 Å². The zero-order valence-electron chi connectivity index (χ0n) is 10.7. The van der Waals surface area contributed by atoms with Crippen molar-refractivity contribution in [1.29, 1.82) is 0 Å². The fraction of sp³-hybridized carbons (Fsp3) is 0.214. The molecule has 0 saturated heterocycles. The monoisotopic (exact) mass is 296 g/mol. The van der Waals surface area contributed by atoms with E-state index in [0.717, 1.165) is 17.0 Å². The zero-order chi connectivity index (χ0) is 14.0. The van der Waals surface area contributed by atoms with Crippen LogP contribution in [0.1, 0.15) is 17.0 Å². The molecular weight excluding hydrogens is 283 g/mol. The highest BCUT2D eigenvalue weighted by Crippen LogP contribution is 2.36. The van der Waals surface area contributed by atoms with E-state index in [1.807, 2.05) is 19.9 Å². The molecule has 1 heterocycles. The number of aryl methyl sites for hydroxylation is 2. The topological polar surface area (TPSA) is 48.1 Å². The highest BCUT2D eigenvalue weighted by molar-refractivity contribution is 6.42. The molecule has 2 aromatic rings. The van der Waals surface area contributed by atoms with E-state index >= 15 is 0 Å². The molecule has 0 aliphatic carbocycles. The molecule has 1 aromatic heterocycles. The van der Waals surface area contributed by atoms with Gasteiger partial charge in [0.25, 0.3) is 0 Å². The lowest BCUT2D eigenvalue weighted by atomic mass is 10.1. The fourth-order valence-electron chi connectivity index (χ4n) is 1.84. The molecule has 0 bridgehead atoms. The highest BCUT2D eigenvalue weighted by Gasteiger charge is 2.12. The maximum atomic E-state index is 6.11. The lowest BCUT2D eigenvalue weighted by molar-refractivity contribution is 0.474. The van der Waals surface area contributed by atoms with Gasteiger partial charge in [-0.1, -0.05) is 29.3 Å². The molecule has 100 valence electrons. The SMILES string of the molecule is Cc1cc(Oc2cccc(Cl)c2Cl)c(CN)c(C)n1. The number of nitrogens with zero attached hydrogens (tertiary/aromatic N) is 1. The number of rotatable bonds is 3. The van der Waals surface area contributed by atoms with E-state index in [-0.39, 0.29) is 0 Å². The Morgan fingerprint density at radius 3 is 2.63 bits per heavy atom. The second kappa shape index (κ2) is 5.78. The number of hydrogen-bond donors (Lipinski definition) is 1. The van der Waals surface area contributed by atoms with Crippen LogP contribution < -0.4 is 10.5 Å². The molecular formula is C14H14Cl2N2O. The van der Waals surface area contributed by atoms with Crippen LogP contribution in [0.4, 0.5) is 0 Å². The molecule has 2 rings (SSSR count). The zero-order valence-corrected chi connectivity index (χ0v) is 12.2. The summed E-state index contributed by atoms with van der Waals surface area (Å²) in [5.74, 6) is 1.17. The second-order valence-electron chi connectivity index (χ2n) is 4.18. The van der Waals surface area contributed by atoms with Gasteiger partial charge in [0, 0.05) is 29.6 Å². The van der Waals surface area contributed by atoms with E-state index < -0.39 is 0 Å². The molecule has 19 heavy (non-hydrogen) atoms. The molecule has 0 radical (unpaired) electrons. The molecule has 0 spiro atoms. The van der Waals surface area contributed by atoms with Crippen LogP contribution in [0.2, 0.25) is 10.0 Å². The summed E-state index contributed by atoms with van der Waals surface area (Å²) in [6, 6.07) is 7.10. The summed E-state index contributed by atoms with van der Waals surface area (Å²) in [4.78, 5) is 4.37. The van der Waals surface area contributed by atoms with Crippen LogP contribution in [0.25, 0.3) is 0 Å². The number of nitrogens with two attached hydrogens (primary N) is 1. The Bertz CT molecular complexity index is 615. The first-order valence-electron chi connectivity index (χ1n) is 5.82. The Hall–Kier alpha value is -1.29. The Labute approximate surface area is 122 Å². The standard InChI is InChI=1S/C14H14Cl2N2O/c1-8-6-13(10(7-17)9(2)18-8)19-12-5-3-4-11(15)14(12)16/h3-6H,7,17H2,1-2H3. The van der Waals surface area contributed by atoms with Crippen LogP contribution in [0, 0.1) is 13.8 Å². The molecule has 0 amide bonds. The van der Waals surface area contributed by atoms with Crippen LogP contribution in [0.15, 0.2) is 24.3 Å². The molecule has 0 aliphatic heterocycles. The molecule has 2 N–H and O–H groups in total. The van der Waals surface area contributed by atoms with Gasteiger partial charge in [0.15, 0.2) is 0 Å². The maximum Gasteiger partial charge on any atom is 0.147 e. The third kappa shape index (κ3) is 3.00. The van der Waals surface area contributed by atoms with Crippen molar-refractivity contribution in [2.45, 2.75) is 20.4 Å². The summed E-state index contributed by atoms with van der Waals surface area (Å²) in [6.45, 7) is 4.16. The van der Waals surface area contributed by atoms with E-state index in [1.165, 1.54) is 0 Å². The predicted octanol–water partition coefficient (Wildman–Crippen LogP) is 4.26. The summed E-state index contributed by atoms with van der Waals surface area (Å²) in [5, 5.41) is 0.843. The van der Waals surface area contributed by atoms with Gasteiger partial charge in [-0.25, -0.2) is 0 Å². The van der Waals surface area contributed by atoms with Crippen molar-refractivity contribution in [3.63, 3.8) is 0 Å². The van der Waals surface area contributed by atoms with Gasteiger partial charge in [0.1, 0.15) is 16.5 Å². The molecule has 0 fully saturated rings. The minimum atomic E-state index is 0.354. The van der Waals surface area contributed by atoms with Gasteiger partial charge in [-0.2, -0.15) is 0 Å². The minimum absolute atomic E-state index is 0.354. The number of hydrogen-bond acceptors (Lipinski definition) is 3. The summed E-state index contributed by atoms with van der Waals surface area (Å²) in [5.41, 5.74) is 8.33. The lowest BCUT2D eigenvalue weighted by Crippen LogP contribution is -2.05. The van der Waals surface area contributed by atoms with Crippen LogP contribution in [0.3, 0.4) is 0 Å². The van der Waals surface area contributed by atoms with E-state index in [4.69, 9.17) is 33.7 Å². The first kappa shape index (κ1) is 14.1. The number of benzene rings is 1. The third-order valence-corrected chi connectivity index (χ3v) is 3.56. The number of halogens is 2. The van der Waals surface area contributed by atoms with Crippen LogP contribution in [0.5, 0.6) is 11.5 Å². The Morgan fingerprint density at radius 1 is 1.21 bits per heavy atom. The fourth-order valence-corrected chi connectivity index (χ4v) is 2.17. The smallest absolute Gasteiger partial charge is 0.147 e. The summed E-state index contributed by atoms with van der Waals surface area (Å²) >= 11 is 12.1. The Balaban J connectivity index is 2.46. The highest BCUT2D eigenvalue weighted by atomic mass is 35.5. The molecule has 3 nitrogen and oxygen atoms in total. The van der Waals surface area contributed by atoms with Gasteiger partial charge in [-0.05, 0) is 26.0 Å². The summed E-state index contributed by atoms with van der Waals surface area (Å²) in [6.07, 6.45) is 0. The molecule has 0 atom stereocenters. The largest absolute Gasteiger partial charge is 0.455 e. The molecule has 0 aliphatic rings. The van der Waals surface area contributed by atoms with E-state index in [2.05, 4.69) is 4.98 Å². The van der Waals surface area contributed by atoms with Crippen molar-refractivity contribution in [2.24, 2.45) is 5.73 Å². The van der Waals surface area contributed by atoms with Gasteiger partial charge in [0.2, 0.25) is 0 Å². The molecule has 0 unspecified atom stereocenters. The molecule has 5 heteroatoms. The second-order valence-corrected chi connectivity index (χ2v) is 4.97. The number of pyridine rings is 1. The summed E-state index contributed by atoms with van der Waals surface area (Å²) < 4.78 is 5.84. The van der Waals surface area contributed by atoms with Crippen LogP contribution >= 0.6 is 23.2 Å². The van der Waals surface area contributed by atoms with Crippen molar-refractivity contribution in [1.82, 2.24) is 4.98 Å². The average Bonchev–Trinajstić information content (AvgIpc) is 2.34. The van der Waals surface area contributed by atoms with Crippen molar-refractivity contribution in [2.75, 3.05) is 0 Å². The van der Waals surface area contributed by atoms with Gasteiger partial charge in [-0.15, -0.1) is 0 Å². The number of ether oxygens (including phenoxy) is 1. The Morgan fingerprint density at radius 2 is 1.95 bits per heavy atom. The summed E-state index contributed by atoms with van der Waals surface area (Å²) in [7, 11) is 0. The maximum absolute atomic E-state index is 6.11. The van der Waals surface area contributed by atoms with Crippen LogP contribution in [-0.2, 0) is 6.54 Å². The van der Waals surface area contributed by atoms with Crippen molar-refractivity contribution in [3.8, 4) is 11.5 Å². The average molecular weight is 297 g/mol. The van der Waals surface area contributed by atoms with E-state index in [1.54, 1.807) is 18.2 Å². The number of aromatic nitrogens is 1. The van der Waals surface area contributed by atoms with E-state index in [9.17, 15) is 0 Å². The predicted molar refractivity (Wildman–Crippen MR) is 78.1 cm³/mol. The quantitative estimate of drug-likeness (QED) is 0.921. The van der Waals surface area contributed by atoms with Crippen molar-refractivity contribution in [3.05, 3.63) is 51.3 Å².